The Bertz CT molecular complexity index is 3130. The van der Waals surface area contributed by atoms with E-state index in [9.17, 15) is 4.79 Å². The molecule has 0 radical (unpaired) electrons. The van der Waals surface area contributed by atoms with Crippen LogP contribution in [-0.4, -0.2) is 25.9 Å². The molecule has 0 unspecified atom stereocenters. The number of carbonyl (C=O) groups is 1. The van der Waals surface area contributed by atoms with Crippen LogP contribution in [0.5, 0.6) is 0 Å². The Morgan fingerprint density at radius 2 is 0.820 bits per heavy atom. The second kappa shape index (κ2) is 15.4. The van der Waals surface area contributed by atoms with Crippen LogP contribution in [0.4, 0.5) is 0 Å². The molecule has 2 N–H and O–H groups in total. The molecular formula is C55H40N4O2. The smallest absolute Gasteiger partial charge is 0.309 e. The Labute approximate surface area is 353 Å². The van der Waals surface area contributed by atoms with Gasteiger partial charge in [-0.15, -0.1) is 0 Å². The van der Waals surface area contributed by atoms with Gasteiger partial charge < -0.3 is 14.7 Å². The van der Waals surface area contributed by atoms with Crippen molar-refractivity contribution >= 4 is 52.3 Å². The Morgan fingerprint density at radius 3 is 1.21 bits per heavy atom. The number of nitrogens with zero attached hydrogens (tertiary/aromatic N) is 2. The summed E-state index contributed by atoms with van der Waals surface area (Å²) in [6.45, 7) is 0.221. The van der Waals surface area contributed by atoms with Crippen LogP contribution >= 0.6 is 0 Å². The topological polar surface area (TPSA) is 83.7 Å². The van der Waals surface area contributed by atoms with Gasteiger partial charge in [0.05, 0.1) is 28.7 Å². The number of benzene rings is 5. The van der Waals surface area contributed by atoms with Crippen molar-refractivity contribution in [2.45, 2.75) is 18.9 Å². The number of fused-ring (bicyclic) bond motifs is 8. The van der Waals surface area contributed by atoms with Gasteiger partial charge >= 0.3 is 5.97 Å². The van der Waals surface area contributed by atoms with E-state index in [0.29, 0.717) is 0 Å². The monoisotopic (exact) mass is 788 g/mol. The third-order valence-electron chi connectivity index (χ3n) is 11.9. The highest BCUT2D eigenvalue weighted by Gasteiger charge is 2.45. The van der Waals surface area contributed by atoms with Crippen LogP contribution in [0.3, 0.4) is 0 Å². The number of aromatic nitrogens is 4. The van der Waals surface area contributed by atoms with Crippen molar-refractivity contribution in [3.8, 4) is 44.5 Å². The molecule has 2 aliphatic heterocycles. The molecule has 0 amide bonds. The summed E-state index contributed by atoms with van der Waals surface area (Å²) in [7, 11) is 0. The number of aromatic amines is 2. The summed E-state index contributed by atoms with van der Waals surface area (Å²) in [5, 5.41) is 0. The number of esters is 1. The molecule has 6 nitrogen and oxygen atoms in total. The molecule has 6 heteroatoms. The summed E-state index contributed by atoms with van der Waals surface area (Å²) in [5.74, 6) is 0.0225. The summed E-state index contributed by atoms with van der Waals surface area (Å²) in [5.41, 5.74) is 17.5. The normalized spacial score (nSPS) is 15.1. The van der Waals surface area contributed by atoms with Crippen LogP contribution in [0.15, 0.2) is 170 Å². The fourth-order valence-corrected chi connectivity index (χ4v) is 8.79. The van der Waals surface area contributed by atoms with Crippen molar-refractivity contribution in [3.05, 3.63) is 204 Å². The predicted molar refractivity (Wildman–Crippen MR) is 248 cm³/mol. The molecule has 3 aromatic heterocycles. The van der Waals surface area contributed by atoms with Crippen LogP contribution in [0.1, 0.15) is 46.2 Å². The Kier molecular flexibility index (Phi) is 9.16. The Morgan fingerprint density at radius 1 is 0.459 bits per heavy atom. The zero-order valence-electron chi connectivity index (χ0n) is 33.3. The molecular weight excluding hydrogens is 749 g/mol. The van der Waals surface area contributed by atoms with Gasteiger partial charge in [0, 0.05) is 44.3 Å². The van der Waals surface area contributed by atoms with Crippen molar-refractivity contribution in [1.82, 2.24) is 19.9 Å². The molecule has 2 atom stereocenters. The lowest BCUT2D eigenvalue weighted by Gasteiger charge is -2.08. The first-order valence-corrected chi connectivity index (χ1v) is 20.8. The predicted octanol–water partition coefficient (Wildman–Crippen LogP) is 13.2. The second-order valence-electron chi connectivity index (χ2n) is 15.8. The van der Waals surface area contributed by atoms with Crippen molar-refractivity contribution in [3.63, 3.8) is 0 Å². The summed E-state index contributed by atoms with van der Waals surface area (Å²) in [6.07, 6.45) is 9.30. The number of hydrogen-bond acceptors (Lipinski definition) is 4. The molecule has 292 valence electrons. The highest BCUT2D eigenvalue weighted by atomic mass is 16.5. The first kappa shape index (κ1) is 36.3. The van der Waals surface area contributed by atoms with Crippen LogP contribution in [0.25, 0.3) is 90.9 Å². The van der Waals surface area contributed by atoms with E-state index in [2.05, 4.69) is 156 Å². The summed E-state index contributed by atoms with van der Waals surface area (Å²) in [6, 6.07) is 58.4. The van der Waals surface area contributed by atoms with Crippen molar-refractivity contribution in [1.29, 1.82) is 0 Å². The van der Waals surface area contributed by atoms with Gasteiger partial charge in [0.15, 0.2) is 0 Å². The first-order valence-electron chi connectivity index (χ1n) is 20.8. The molecule has 11 rings (SSSR count). The van der Waals surface area contributed by atoms with Gasteiger partial charge in [-0.3, -0.25) is 4.79 Å². The van der Waals surface area contributed by atoms with Gasteiger partial charge in [0.25, 0.3) is 0 Å². The van der Waals surface area contributed by atoms with E-state index in [4.69, 9.17) is 14.7 Å². The van der Waals surface area contributed by atoms with Crippen LogP contribution in [-0.2, 0) is 16.1 Å². The molecule has 5 heterocycles. The zero-order chi connectivity index (χ0) is 40.7. The quantitative estimate of drug-likeness (QED) is 0.150. The number of nitrogens with one attached hydrogen (secondary N) is 2. The molecule has 0 spiro atoms. The molecule has 8 bridgehead atoms. The maximum atomic E-state index is 13.0. The van der Waals surface area contributed by atoms with E-state index in [0.717, 1.165) is 101 Å². The van der Waals surface area contributed by atoms with Crippen molar-refractivity contribution < 1.29 is 9.53 Å². The van der Waals surface area contributed by atoms with Crippen LogP contribution < -0.4 is 0 Å². The minimum Gasteiger partial charge on any atom is -0.461 e. The van der Waals surface area contributed by atoms with E-state index >= 15 is 0 Å². The minimum absolute atomic E-state index is 0.0813. The fourth-order valence-electron chi connectivity index (χ4n) is 8.79. The van der Waals surface area contributed by atoms with E-state index in [1.54, 1.807) is 0 Å². The average Bonchev–Trinajstić information content (AvgIpc) is 3.80. The molecule has 0 saturated heterocycles. The number of ether oxygens (including phenoxy) is 1. The van der Waals surface area contributed by atoms with Gasteiger partial charge in [-0.05, 0) is 94.3 Å². The summed E-state index contributed by atoms with van der Waals surface area (Å²) < 4.78 is 5.85. The fraction of sp³-hybridized carbons (Fsp3) is 0.0727. The molecule has 1 fully saturated rings. The maximum Gasteiger partial charge on any atom is 0.309 e. The maximum absolute atomic E-state index is 13.0. The van der Waals surface area contributed by atoms with E-state index in [-0.39, 0.29) is 24.4 Å². The Hall–Kier alpha value is -7.83. The second-order valence-corrected chi connectivity index (χ2v) is 15.8. The highest BCUT2D eigenvalue weighted by Crippen LogP contribution is 2.48. The van der Waals surface area contributed by atoms with Gasteiger partial charge in [0.2, 0.25) is 0 Å². The molecule has 1 saturated carbocycles. The Balaban J connectivity index is 1.09. The van der Waals surface area contributed by atoms with E-state index in [1.165, 1.54) is 5.56 Å². The van der Waals surface area contributed by atoms with Crippen molar-refractivity contribution in [2.24, 2.45) is 5.92 Å². The third-order valence-corrected chi connectivity index (χ3v) is 11.9. The molecule has 8 aromatic rings. The number of hydrogen-bond donors (Lipinski definition) is 2. The number of H-pyrrole nitrogens is 2. The number of carbonyl (C=O) groups excluding carboxylic acids is 1. The standard InChI is InChI=1S/C55H40N4O2/c60-55(42-33-41(42)36-13-5-1-6-14-36)61-34-35-21-23-40(24-22-35)54-49-31-29-47(58-49)52(38-17-9-3-10-18-38)45-27-25-43(56-45)51(37-15-7-2-8-16-37)44-26-28-46(57-44)53(39-19-11-4-12-20-39)48-30-32-50(54)59-48/h1-32,41-42,56,59H,33-34H2/t41-,42+/m1/s1. The molecule has 3 aliphatic rings. The largest absolute Gasteiger partial charge is 0.461 e. The molecule has 61 heavy (non-hydrogen) atoms. The first-order chi connectivity index (χ1) is 30.1. The van der Waals surface area contributed by atoms with Gasteiger partial charge in [-0.1, -0.05) is 146 Å². The van der Waals surface area contributed by atoms with Gasteiger partial charge in [-0.2, -0.15) is 0 Å². The number of rotatable bonds is 8. The average molecular weight is 789 g/mol. The lowest BCUT2D eigenvalue weighted by Crippen LogP contribution is -2.07. The van der Waals surface area contributed by atoms with E-state index < -0.39 is 0 Å². The SMILES string of the molecule is O=C(OCc1ccc(-c2c3nc(c(-c4ccccc4)c4ccc([nH]4)c(-c4ccccc4)c4nc(c(-c5ccccc5)c5ccc2[nH]5)C=C4)C=C3)cc1)[C@H]1C[C@@H]1c1ccccc1. The van der Waals surface area contributed by atoms with Crippen LogP contribution in [0.2, 0.25) is 0 Å². The molecule has 1 aliphatic carbocycles. The summed E-state index contributed by atoms with van der Waals surface area (Å²) in [4.78, 5) is 31.5. The lowest BCUT2D eigenvalue weighted by molar-refractivity contribution is -0.146. The highest BCUT2D eigenvalue weighted by molar-refractivity contribution is 5.99. The van der Waals surface area contributed by atoms with Crippen LogP contribution in [0, 0.1) is 5.92 Å². The minimum atomic E-state index is -0.136. The van der Waals surface area contributed by atoms with Crippen molar-refractivity contribution in [2.75, 3.05) is 0 Å². The van der Waals surface area contributed by atoms with Gasteiger partial charge in [-0.25, -0.2) is 9.97 Å². The lowest BCUT2D eigenvalue weighted by atomic mass is 10.0. The molecule has 5 aromatic carbocycles. The third kappa shape index (κ3) is 6.98. The van der Waals surface area contributed by atoms with Gasteiger partial charge in [0.1, 0.15) is 6.61 Å². The van der Waals surface area contributed by atoms with E-state index in [1.807, 2.05) is 48.5 Å². The summed E-state index contributed by atoms with van der Waals surface area (Å²) >= 11 is 0. The zero-order valence-corrected chi connectivity index (χ0v) is 33.3.